The Balaban J connectivity index is 3.07. The van der Waals surface area contributed by atoms with Gasteiger partial charge in [0.1, 0.15) is 9.54 Å². The van der Waals surface area contributed by atoms with Crippen LogP contribution < -0.4 is 5.73 Å². The summed E-state index contributed by atoms with van der Waals surface area (Å²) in [6.07, 6.45) is 1.64. The molecule has 4 heteroatoms. The number of aromatic nitrogens is 1. The van der Waals surface area contributed by atoms with Crippen LogP contribution in [0.4, 0.5) is 0 Å². The van der Waals surface area contributed by atoms with E-state index in [2.05, 4.69) is 27.6 Å². The summed E-state index contributed by atoms with van der Waals surface area (Å²) < 4.78 is 0.852. The molecule has 1 aromatic heterocycles. The smallest absolute Gasteiger partial charge is 0.122 e. The Bertz CT molecular complexity index is 259. The first-order valence-electron chi connectivity index (χ1n) is 2.66. The largest absolute Gasteiger partial charge is 0.384 e. The second-order valence-corrected chi connectivity index (χ2v) is 2.89. The van der Waals surface area contributed by atoms with Crippen molar-refractivity contribution >= 4 is 28.4 Å². The summed E-state index contributed by atoms with van der Waals surface area (Å²) in [6.45, 7) is 0. The minimum Gasteiger partial charge on any atom is -0.384 e. The Kier molecular flexibility index (Phi) is 2.21. The number of halogens is 1. The molecule has 3 N–H and O–H groups in total. The highest BCUT2D eigenvalue weighted by Gasteiger charge is 1.95. The maximum Gasteiger partial charge on any atom is 0.122 e. The molecular weight excluding hydrogens is 241 g/mol. The van der Waals surface area contributed by atoms with Gasteiger partial charge in [0, 0.05) is 11.8 Å². The summed E-state index contributed by atoms with van der Waals surface area (Å²) in [4.78, 5) is 3.96. The van der Waals surface area contributed by atoms with Crippen molar-refractivity contribution in [2.24, 2.45) is 5.73 Å². The van der Waals surface area contributed by atoms with Gasteiger partial charge in [-0.15, -0.1) is 0 Å². The highest BCUT2D eigenvalue weighted by Crippen LogP contribution is 2.02. The van der Waals surface area contributed by atoms with E-state index in [0.29, 0.717) is 0 Å². The van der Waals surface area contributed by atoms with Gasteiger partial charge in [0.15, 0.2) is 0 Å². The summed E-state index contributed by atoms with van der Waals surface area (Å²) in [5, 5.41) is 7.08. The third-order valence-corrected chi connectivity index (χ3v) is 1.63. The average molecular weight is 247 g/mol. The number of hydrogen-bond donors (Lipinski definition) is 2. The first-order chi connectivity index (χ1) is 4.70. The first kappa shape index (κ1) is 7.46. The fourth-order valence-corrected chi connectivity index (χ4v) is 1.07. The van der Waals surface area contributed by atoms with Crippen LogP contribution in [0.5, 0.6) is 0 Å². The standard InChI is InChI=1S/C6H6IN3/c7-5-3-4(6(8)9)1-2-10-5/h1-3H,(H3,8,9). The molecular formula is C6H6IN3. The molecule has 0 aliphatic heterocycles. The van der Waals surface area contributed by atoms with E-state index in [-0.39, 0.29) is 5.84 Å². The number of amidine groups is 1. The minimum atomic E-state index is 0.0836. The lowest BCUT2D eigenvalue weighted by Crippen LogP contribution is -2.11. The van der Waals surface area contributed by atoms with Gasteiger partial charge in [-0.2, -0.15) is 0 Å². The van der Waals surface area contributed by atoms with Crippen LogP contribution in [0.15, 0.2) is 18.3 Å². The van der Waals surface area contributed by atoms with Gasteiger partial charge in [0.25, 0.3) is 0 Å². The molecule has 0 unspecified atom stereocenters. The summed E-state index contributed by atoms with van der Waals surface area (Å²) >= 11 is 2.08. The van der Waals surface area contributed by atoms with E-state index in [0.717, 1.165) is 9.26 Å². The second-order valence-electron chi connectivity index (χ2n) is 1.78. The molecule has 0 radical (unpaired) electrons. The fourth-order valence-electron chi connectivity index (χ4n) is 0.570. The van der Waals surface area contributed by atoms with E-state index in [4.69, 9.17) is 11.1 Å². The summed E-state index contributed by atoms with van der Waals surface area (Å²) in [6, 6.07) is 3.48. The number of nitrogens with one attached hydrogen (secondary N) is 1. The van der Waals surface area contributed by atoms with Gasteiger partial charge in [0.2, 0.25) is 0 Å². The highest BCUT2D eigenvalue weighted by atomic mass is 127. The predicted octanol–water partition coefficient (Wildman–Crippen LogP) is 0.970. The molecule has 0 aliphatic carbocycles. The molecule has 0 aromatic carbocycles. The average Bonchev–Trinajstić information content (AvgIpc) is 1.88. The van der Waals surface area contributed by atoms with Crippen molar-refractivity contribution in [2.75, 3.05) is 0 Å². The lowest BCUT2D eigenvalue weighted by molar-refractivity contribution is 1.26. The predicted molar refractivity (Wildman–Crippen MR) is 48.0 cm³/mol. The molecule has 0 bridgehead atoms. The number of rotatable bonds is 1. The zero-order valence-electron chi connectivity index (χ0n) is 5.13. The topological polar surface area (TPSA) is 62.8 Å². The van der Waals surface area contributed by atoms with E-state index >= 15 is 0 Å². The Hall–Kier alpha value is -0.650. The Morgan fingerprint density at radius 1 is 1.70 bits per heavy atom. The van der Waals surface area contributed by atoms with E-state index in [1.807, 2.05) is 0 Å². The zero-order valence-corrected chi connectivity index (χ0v) is 7.29. The van der Waals surface area contributed by atoms with Gasteiger partial charge in [-0.1, -0.05) is 0 Å². The summed E-state index contributed by atoms with van der Waals surface area (Å²) in [5.41, 5.74) is 5.96. The van der Waals surface area contributed by atoms with E-state index in [1.54, 1.807) is 18.3 Å². The molecule has 0 atom stereocenters. The van der Waals surface area contributed by atoms with Gasteiger partial charge in [-0.3, -0.25) is 10.4 Å². The van der Waals surface area contributed by atoms with Gasteiger partial charge in [0.05, 0.1) is 0 Å². The minimum absolute atomic E-state index is 0.0836. The molecule has 0 spiro atoms. The van der Waals surface area contributed by atoms with Gasteiger partial charge < -0.3 is 5.73 Å². The van der Waals surface area contributed by atoms with Crippen LogP contribution >= 0.6 is 22.6 Å². The maximum atomic E-state index is 7.08. The highest BCUT2D eigenvalue weighted by molar-refractivity contribution is 14.1. The third kappa shape index (κ3) is 1.66. The molecule has 0 saturated carbocycles. The van der Waals surface area contributed by atoms with Crippen molar-refractivity contribution in [3.8, 4) is 0 Å². The molecule has 1 heterocycles. The normalized spacial score (nSPS) is 9.30. The molecule has 1 aromatic rings. The van der Waals surface area contributed by atoms with Crippen molar-refractivity contribution in [2.45, 2.75) is 0 Å². The molecule has 1 rings (SSSR count). The van der Waals surface area contributed by atoms with Crippen molar-refractivity contribution in [1.29, 1.82) is 5.41 Å². The second kappa shape index (κ2) is 2.96. The lowest BCUT2D eigenvalue weighted by atomic mass is 10.2. The Morgan fingerprint density at radius 3 is 2.80 bits per heavy atom. The Morgan fingerprint density at radius 2 is 2.40 bits per heavy atom. The van der Waals surface area contributed by atoms with E-state index < -0.39 is 0 Å². The number of nitrogens with two attached hydrogens (primary N) is 1. The SMILES string of the molecule is N=C(N)c1ccnc(I)c1. The van der Waals surface area contributed by atoms with Gasteiger partial charge >= 0.3 is 0 Å². The molecule has 3 nitrogen and oxygen atoms in total. The monoisotopic (exact) mass is 247 g/mol. The van der Waals surface area contributed by atoms with Gasteiger partial charge in [-0.25, -0.2) is 0 Å². The van der Waals surface area contributed by atoms with Crippen molar-refractivity contribution in [3.05, 3.63) is 27.6 Å². The Labute approximate surface area is 72.3 Å². The van der Waals surface area contributed by atoms with Crippen LogP contribution in [-0.4, -0.2) is 10.8 Å². The van der Waals surface area contributed by atoms with Crippen LogP contribution in [0.2, 0.25) is 0 Å². The molecule has 10 heavy (non-hydrogen) atoms. The van der Waals surface area contributed by atoms with Crippen LogP contribution in [0, 0.1) is 9.11 Å². The fraction of sp³-hybridized carbons (Fsp3) is 0. The van der Waals surface area contributed by atoms with Crippen LogP contribution in [0.25, 0.3) is 0 Å². The third-order valence-electron chi connectivity index (χ3n) is 1.04. The quantitative estimate of drug-likeness (QED) is 0.336. The maximum absolute atomic E-state index is 7.08. The number of hydrogen-bond acceptors (Lipinski definition) is 2. The summed E-state index contributed by atoms with van der Waals surface area (Å²) in [5.74, 6) is 0.0836. The van der Waals surface area contributed by atoms with E-state index in [9.17, 15) is 0 Å². The molecule has 0 aliphatic rings. The number of pyridine rings is 1. The van der Waals surface area contributed by atoms with Crippen LogP contribution in [0.3, 0.4) is 0 Å². The van der Waals surface area contributed by atoms with Crippen LogP contribution in [-0.2, 0) is 0 Å². The molecule has 0 amide bonds. The van der Waals surface area contributed by atoms with Crippen LogP contribution in [0.1, 0.15) is 5.56 Å². The van der Waals surface area contributed by atoms with Gasteiger partial charge in [-0.05, 0) is 34.7 Å². The lowest BCUT2D eigenvalue weighted by Gasteiger charge is -1.95. The zero-order chi connectivity index (χ0) is 7.56. The number of nitrogens with zero attached hydrogens (tertiary/aromatic N) is 1. The number of nitrogen functional groups attached to an aromatic ring is 1. The van der Waals surface area contributed by atoms with Crippen molar-refractivity contribution in [3.63, 3.8) is 0 Å². The summed E-state index contributed by atoms with van der Waals surface area (Å²) in [7, 11) is 0. The molecule has 0 saturated heterocycles. The van der Waals surface area contributed by atoms with Crippen molar-refractivity contribution < 1.29 is 0 Å². The first-order valence-corrected chi connectivity index (χ1v) is 3.74. The molecule has 0 fully saturated rings. The van der Waals surface area contributed by atoms with Crippen molar-refractivity contribution in [1.82, 2.24) is 4.98 Å². The molecule has 52 valence electrons. The van der Waals surface area contributed by atoms with E-state index in [1.165, 1.54) is 0 Å².